The summed E-state index contributed by atoms with van der Waals surface area (Å²) in [6.07, 6.45) is 0. The monoisotopic (exact) mass is 330 g/mol. The number of anilines is 1. The third kappa shape index (κ3) is 2.02. The summed E-state index contributed by atoms with van der Waals surface area (Å²) in [5.41, 5.74) is 1.29. The minimum atomic E-state index is -0.607. The normalized spacial score (nSPS) is 19.6. The SMILES string of the molecule is CC1NC(=O)CN(c2c(Cl)cc(Cl)c3nsnc23)C1=O. The van der Waals surface area contributed by atoms with E-state index in [0.717, 1.165) is 11.7 Å². The molecule has 0 aliphatic carbocycles. The topological polar surface area (TPSA) is 75.2 Å². The van der Waals surface area contributed by atoms with Crippen molar-refractivity contribution in [3.8, 4) is 0 Å². The Kier molecular flexibility index (Phi) is 3.27. The molecule has 1 aliphatic rings. The summed E-state index contributed by atoms with van der Waals surface area (Å²) in [6, 6.07) is 0.900. The van der Waals surface area contributed by atoms with Crippen LogP contribution in [0.5, 0.6) is 0 Å². The summed E-state index contributed by atoms with van der Waals surface area (Å²) in [4.78, 5) is 25.2. The predicted octanol–water partition coefficient (Wildman–Crippen LogP) is 1.85. The second kappa shape index (κ2) is 4.83. The number of piperazine rings is 1. The first-order chi connectivity index (χ1) is 9.49. The van der Waals surface area contributed by atoms with Gasteiger partial charge >= 0.3 is 0 Å². The maximum Gasteiger partial charge on any atom is 0.249 e. The molecule has 1 aromatic carbocycles. The first-order valence-corrected chi connectivity index (χ1v) is 7.18. The zero-order valence-corrected chi connectivity index (χ0v) is 12.5. The Morgan fingerprint density at radius 3 is 2.75 bits per heavy atom. The van der Waals surface area contributed by atoms with Gasteiger partial charge in [0.15, 0.2) is 0 Å². The van der Waals surface area contributed by atoms with E-state index in [9.17, 15) is 9.59 Å². The number of carbonyl (C=O) groups is 2. The van der Waals surface area contributed by atoms with Crippen molar-refractivity contribution in [2.45, 2.75) is 13.0 Å². The first-order valence-electron chi connectivity index (χ1n) is 5.70. The van der Waals surface area contributed by atoms with Gasteiger partial charge in [-0.15, -0.1) is 0 Å². The number of nitrogens with one attached hydrogen (secondary N) is 1. The summed E-state index contributed by atoms with van der Waals surface area (Å²) < 4.78 is 8.22. The van der Waals surface area contributed by atoms with Gasteiger partial charge in [-0.2, -0.15) is 8.75 Å². The zero-order chi connectivity index (χ0) is 14.4. The fourth-order valence-corrected chi connectivity index (χ4v) is 3.32. The Morgan fingerprint density at radius 1 is 1.30 bits per heavy atom. The standard InChI is InChI=1S/C11H8Cl2N4O2S/c1-4-11(19)17(3-7(18)14-4)10-6(13)2-5(12)8-9(10)16-20-15-8/h2,4H,3H2,1H3,(H,14,18). The van der Waals surface area contributed by atoms with Crippen LogP contribution in [0.2, 0.25) is 10.0 Å². The molecule has 1 aliphatic heterocycles. The number of aromatic nitrogens is 2. The van der Waals surface area contributed by atoms with Gasteiger partial charge in [0.05, 0.1) is 27.5 Å². The number of fused-ring (bicyclic) bond motifs is 1. The molecule has 2 amide bonds. The molecular weight excluding hydrogens is 323 g/mol. The molecule has 20 heavy (non-hydrogen) atoms. The van der Waals surface area contributed by atoms with E-state index in [1.165, 1.54) is 11.0 Å². The lowest BCUT2D eigenvalue weighted by molar-refractivity contribution is -0.130. The van der Waals surface area contributed by atoms with Crippen LogP contribution in [0.4, 0.5) is 5.69 Å². The van der Waals surface area contributed by atoms with Crippen molar-refractivity contribution in [1.29, 1.82) is 0 Å². The molecule has 1 aromatic heterocycles. The number of benzene rings is 1. The maximum absolute atomic E-state index is 12.2. The Balaban J connectivity index is 2.21. The van der Waals surface area contributed by atoms with Crippen molar-refractivity contribution in [3.63, 3.8) is 0 Å². The number of amides is 2. The van der Waals surface area contributed by atoms with Gasteiger partial charge in [0.1, 0.15) is 23.6 Å². The molecule has 1 unspecified atom stereocenters. The summed E-state index contributed by atoms with van der Waals surface area (Å²) in [6.45, 7) is 1.52. The summed E-state index contributed by atoms with van der Waals surface area (Å²) >= 11 is 13.2. The second-order valence-corrected chi connectivity index (χ2v) is 5.71. The summed E-state index contributed by atoms with van der Waals surface area (Å²) in [5, 5.41) is 3.20. The lowest BCUT2D eigenvalue weighted by Crippen LogP contribution is -2.57. The van der Waals surface area contributed by atoms with Gasteiger partial charge in [-0.1, -0.05) is 23.2 Å². The highest BCUT2D eigenvalue weighted by atomic mass is 35.5. The molecule has 0 radical (unpaired) electrons. The third-order valence-electron chi connectivity index (χ3n) is 3.00. The van der Waals surface area contributed by atoms with E-state index in [1.54, 1.807) is 6.92 Å². The number of nitrogens with zero attached hydrogens (tertiary/aromatic N) is 3. The van der Waals surface area contributed by atoms with Crippen LogP contribution in [0.3, 0.4) is 0 Å². The fourth-order valence-electron chi connectivity index (χ4n) is 2.11. The van der Waals surface area contributed by atoms with Crippen molar-refractivity contribution in [2.75, 3.05) is 11.4 Å². The molecule has 1 atom stereocenters. The molecular formula is C11H8Cl2N4O2S. The first kappa shape index (κ1) is 13.5. The number of hydrogen-bond donors (Lipinski definition) is 1. The molecule has 0 bridgehead atoms. The van der Waals surface area contributed by atoms with E-state index in [-0.39, 0.29) is 23.4 Å². The molecule has 1 N–H and O–H groups in total. The molecule has 6 nitrogen and oxygen atoms in total. The van der Waals surface area contributed by atoms with Crippen LogP contribution >= 0.6 is 34.9 Å². The van der Waals surface area contributed by atoms with Crippen molar-refractivity contribution in [2.24, 2.45) is 0 Å². The predicted molar refractivity (Wildman–Crippen MR) is 77.4 cm³/mol. The van der Waals surface area contributed by atoms with Crippen LogP contribution in [0.15, 0.2) is 6.07 Å². The van der Waals surface area contributed by atoms with Gasteiger partial charge in [0.2, 0.25) is 11.8 Å². The van der Waals surface area contributed by atoms with Gasteiger partial charge < -0.3 is 5.32 Å². The minimum absolute atomic E-state index is 0.100. The summed E-state index contributed by atoms with van der Waals surface area (Å²) in [5.74, 6) is -0.498. The number of rotatable bonds is 1. The third-order valence-corrected chi connectivity index (χ3v) is 4.11. The molecule has 1 saturated heterocycles. The van der Waals surface area contributed by atoms with Crippen molar-refractivity contribution in [1.82, 2.24) is 14.1 Å². The Hall–Kier alpha value is -1.44. The number of hydrogen-bond acceptors (Lipinski definition) is 5. The highest BCUT2D eigenvalue weighted by Crippen LogP contribution is 2.38. The van der Waals surface area contributed by atoms with E-state index in [1.807, 2.05) is 0 Å². The molecule has 0 saturated carbocycles. The second-order valence-electron chi connectivity index (χ2n) is 4.36. The van der Waals surface area contributed by atoms with Gasteiger partial charge in [0.25, 0.3) is 0 Å². The van der Waals surface area contributed by atoms with Crippen LogP contribution in [0, 0.1) is 0 Å². The Morgan fingerprint density at radius 2 is 2.00 bits per heavy atom. The average Bonchev–Trinajstić information content (AvgIpc) is 2.84. The smallest absolute Gasteiger partial charge is 0.249 e. The van der Waals surface area contributed by atoms with Crippen molar-refractivity contribution < 1.29 is 9.59 Å². The van der Waals surface area contributed by atoms with E-state index in [4.69, 9.17) is 23.2 Å². The Bertz CT molecular complexity index is 733. The highest BCUT2D eigenvalue weighted by molar-refractivity contribution is 7.00. The van der Waals surface area contributed by atoms with Gasteiger partial charge in [-0.25, -0.2) is 0 Å². The molecule has 104 valence electrons. The highest BCUT2D eigenvalue weighted by Gasteiger charge is 2.33. The lowest BCUT2D eigenvalue weighted by atomic mass is 10.1. The molecule has 9 heteroatoms. The van der Waals surface area contributed by atoms with Crippen LogP contribution in [-0.2, 0) is 9.59 Å². The van der Waals surface area contributed by atoms with Crippen molar-refractivity contribution in [3.05, 3.63) is 16.1 Å². The van der Waals surface area contributed by atoms with E-state index >= 15 is 0 Å². The number of carbonyl (C=O) groups excluding carboxylic acids is 2. The van der Waals surface area contributed by atoms with Crippen LogP contribution in [-0.4, -0.2) is 33.1 Å². The van der Waals surface area contributed by atoms with E-state index in [2.05, 4.69) is 14.1 Å². The average molecular weight is 331 g/mol. The van der Waals surface area contributed by atoms with Crippen LogP contribution in [0.1, 0.15) is 6.92 Å². The number of halogens is 2. The van der Waals surface area contributed by atoms with Gasteiger partial charge in [-0.05, 0) is 13.0 Å². The maximum atomic E-state index is 12.2. The fraction of sp³-hybridized carbons (Fsp3) is 0.273. The largest absolute Gasteiger partial charge is 0.343 e. The van der Waals surface area contributed by atoms with Crippen molar-refractivity contribution >= 4 is 63.5 Å². The van der Waals surface area contributed by atoms with E-state index in [0.29, 0.717) is 21.7 Å². The minimum Gasteiger partial charge on any atom is -0.343 e. The Labute approximate surface area is 128 Å². The molecule has 0 spiro atoms. The molecule has 1 fully saturated rings. The van der Waals surface area contributed by atoms with Gasteiger partial charge in [-0.3, -0.25) is 14.5 Å². The summed E-state index contributed by atoms with van der Waals surface area (Å²) in [7, 11) is 0. The molecule has 2 heterocycles. The van der Waals surface area contributed by atoms with E-state index < -0.39 is 6.04 Å². The zero-order valence-electron chi connectivity index (χ0n) is 10.2. The van der Waals surface area contributed by atoms with Crippen LogP contribution in [0.25, 0.3) is 11.0 Å². The lowest BCUT2D eigenvalue weighted by Gasteiger charge is -2.31. The van der Waals surface area contributed by atoms with Gasteiger partial charge in [0, 0.05) is 0 Å². The molecule has 3 rings (SSSR count). The quantitative estimate of drug-likeness (QED) is 0.865. The van der Waals surface area contributed by atoms with Crippen LogP contribution < -0.4 is 10.2 Å². The molecule has 2 aromatic rings.